The summed E-state index contributed by atoms with van der Waals surface area (Å²) in [5.41, 5.74) is 4.24. The third kappa shape index (κ3) is 4.49. The summed E-state index contributed by atoms with van der Waals surface area (Å²) in [6.45, 7) is 6.85. The lowest BCUT2D eigenvalue weighted by molar-refractivity contribution is 0.0954. The molecule has 26 heavy (non-hydrogen) atoms. The molecule has 0 aliphatic rings. The molecule has 0 fully saturated rings. The maximum atomic E-state index is 12.4. The molecule has 1 amide bonds. The lowest BCUT2D eigenvalue weighted by atomic mass is 10.1. The summed E-state index contributed by atoms with van der Waals surface area (Å²) in [7, 11) is 0. The van der Waals surface area contributed by atoms with Crippen molar-refractivity contribution in [3.05, 3.63) is 80.8 Å². The van der Waals surface area contributed by atoms with Crippen LogP contribution in [-0.4, -0.2) is 10.9 Å². The summed E-state index contributed by atoms with van der Waals surface area (Å²) in [5, 5.41) is 3.74. The van der Waals surface area contributed by atoms with Gasteiger partial charge in [-0.25, -0.2) is 4.98 Å². The monoisotopic (exact) mass is 366 g/mol. The van der Waals surface area contributed by atoms with E-state index in [1.54, 1.807) is 0 Å². The Balaban J connectivity index is 1.61. The predicted molar refractivity (Wildman–Crippen MR) is 105 cm³/mol. The van der Waals surface area contributed by atoms with E-state index in [9.17, 15) is 4.79 Å². The number of aryl methyl sites for hydroxylation is 3. The Bertz CT molecular complexity index is 904. The molecule has 0 saturated heterocycles. The van der Waals surface area contributed by atoms with E-state index < -0.39 is 0 Å². The van der Waals surface area contributed by atoms with Gasteiger partial charge in [0, 0.05) is 6.54 Å². The number of benzene rings is 2. The van der Waals surface area contributed by atoms with Crippen LogP contribution in [0.1, 0.15) is 37.1 Å². The predicted octanol–water partition coefficient (Wildman–Crippen LogP) is 4.58. The molecule has 1 aromatic heterocycles. The zero-order valence-corrected chi connectivity index (χ0v) is 16.0. The fraction of sp³-hybridized carbons (Fsp3) is 0.238. The number of hydrogen-bond acceptors (Lipinski definition) is 4. The molecule has 3 aromatic rings. The number of rotatable bonds is 6. The van der Waals surface area contributed by atoms with Gasteiger partial charge >= 0.3 is 0 Å². The Morgan fingerprint density at radius 2 is 1.85 bits per heavy atom. The standard InChI is InChI=1S/C21H22N2O2S/c1-14-9-10-18(11-15(14)2)25-13-19-23-16(3)20(26-19)21(24)22-12-17-7-5-4-6-8-17/h4-11H,12-13H2,1-3H3,(H,22,24). The van der Waals surface area contributed by atoms with E-state index in [1.807, 2.05) is 55.5 Å². The Morgan fingerprint density at radius 1 is 1.08 bits per heavy atom. The molecule has 134 valence electrons. The molecule has 5 heteroatoms. The highest BCUT2D eigenvalue weighted by atomic mass is 32.1. The Labute approximate surface area is 157 Å². The number of amides is 1. The van der Waals surface area contributed by atoms with E-state index in [0.29, 0.717) is 18.0 Å². The van der Waals surface area contributed by atoms with Crippen LogP contribution in [-0.2, 0) is 13.2 Å². The van der Waals surface area contributed by atoms with Crippen LogP contribution >= 0.6 is 11.3 Å². The van der Waals surface area contributed by atoms with Crippen molar-refractivity contribution in [1.29, 1.82) is 0 Å². The van der Waals surface area contributed by atoms with Gasteiger partial charge in [-0.15, -0.1) is 11.3 Å². The van der Waals surface area contributed by atoms with Gasteiger partial charge in [-0.2, -0.15) is 0 Å². The van der Waals surface area contributed by atoms with E-state index in [-0.39, 0.29) is 5.91 Å². The van der Waals surface area contributed by atoms with E-state index in [2.05, 4.69) is 24.1 Å². The zero-order chi connectivity index (χ0) is 18.5. The van der Waals surface area contributed by atoms with Crippen LogP contribution < -0.4 is 10.1 Å². The van der Waals surface area contributed by atoms with Crippen LogP contribution in [0.3, 0.4) is 0 Å². The van der Waals surface area contributed by atoms with Crippen LogP contribution in [0.25, 0.3) is 0 Å². The summed E-state index contributed by atoms with van der Waals surface area (Å²) in [6.07, 6.45) is 0. The SMILES string of the molecule is Cc1ccc(OCc2nc(C)c(C(=O)NCc3ccccc3)s2)cc1C. The van der Waals surface area contributed by atoms with E-state index in [0.717, 1.165) is 22.0 Å². The minimum Gasteiger partial charge on any atom is -0.486 e. The van der Waals surface area contributed by atoms with Crippen molar-refractivity contribution in [3.8, 4) is 5.75 Å². The first kappa shape index (κ1) is 18.1. The first-order valence-electron chi connectivity index (χ1n) is 8.51. The van der Waals surface area contributed by atoms with Gasteiger partial charge in [0.05, 0.1) is 5.69 Å². The highest BCUT2D eigenvalue weighted by molar-refractivity contribution is 7.13. The number of hydrogen-bond donors (Lipinski definition) is 1. The summed E-state index contributed by atoms with van der Waals surface area (Å²) in [5.74, 6) is 0.720. The van der Waals surface area contributed by atoms with Crippen LogP contribution in [0.2, 0.25) is 0 Å². The largest absolute Gasteiger partial charge is 0.486 e. The number of aromatic nitrogens is 1. The smallest absolute Gasteiger partial charge is 0.263 e. The minimum absolute atomic E-state index is 0.0960. The molecule has 0 atom stereocenters. The van der Waals surface area contributed by atoms with Gasteiger partial charge in [0.2, 0.25) is 0 Å². The van der Waals surface area contributed by atoms with Gasteiger partial charge in [-0.1, -0.05) is 36.4 Å². The van der Waals surface area contributed by atoms with Gasteiger partial charge in [0.1, 0.15) is 22.2 Å². The average molecular weight is 366 g/mol. The van der Waals surface area contributed by atoms with Gasteiger partial charge < -0.3 is 10.1 Å². The van der Waals surface area contributed by atoms with Gasteiger partial charge in [0.15, 0.2) is 0 Å². The number of nitrogens with zero attached hydrogens (tertiary/aromatic N) is 1. The van der Waals surface area contributed by atoms with Crippen molar-refractivity contribution < 1.29 is 9.53 Å². The fourth-order valence-electron chi connectivity index (χ4n) is 2.53. The Morgan fingerprint density at radius 3 is 2.58 bits per heavy atom. The molecule has 0 bridgehead atoms. The fourth-order valence-corrected chi connectivity index (χ4v) is 3.43. The number of carbonyl (C=O) groups excluding carboxylic acids is 1. The molecule has 0 aliphatic carbocycles. The van der Waals surface area contributed by atoms with E-state index in [4.69, 9.17) is 4.74 Å². The second-order valence-electron chi connectivity index (χ2n) is 6.23. The molecule has 2 aromatic carbocycles. The normalized spacial score (nSPS) is 10.6. The highest BCUT2D eigenvalue weighted by Crippen LogP contribution is 2.22. The second-order valence-corrected chi connectivity index (χ2v) is 7.31. The lowest BCUT2D eigenvalue weighted by Gasteiger charge is -2.06. The highest BCUT2D eigenvalue weighted by Gasteiger charge is 2.15. The molecular formula is C21H22N2O2S. The molecule has 0 saturated carbocycles. The van der Waals surface area contributed by atoms with Crippen LogP contribution in [0.4, 0.5) is 0 Å². The van der Waals surface area contributed by atoms with Crippen LogP contribution in [0.15, 0.2) is 48.5 Å². The number of ether oxygens (including phenoxy) is 1. The third-order valence-corrected chi connectivity index (χ3v) is 5.31. The van der Waals surface area contributed by atoms with Crippen LogP contribution in [0.5, 0.6) is 5.75 Å². The van der Waals surface area contributed by atoms with Gasteiger partial charge in [-0.05, 0) is 49.6 Å². The third-order valence-electron chi connectivity index (χ3n) is 4.18. The lowest BCUT2D eigenvalue weighted by Crippen LogP contribution is -2.22. The first-order valence-corrected chi connectivity index (χ1v) is 9.33. The van der Waals surface area contributed by atoms with Crippen molar-refractivity contribution in [2.75, 3.05) is 0 Å². The van der Waals surface area contributed by atoms with Gasteiger partial charge in [0.25, 0.3) is 5.91 Å². The molecule has 0 spiro atoms. The van der Waals surface area contributed by atoms with Crippen molar-refractivity contribution in [1.82, 2.24) is 10.3 Å². The summed E-state index contributed by atoms with van der Waals surface area (Å²) >= 11 is 1.38. The molecule has 3 rings (SSSR count). The minimum atomic E-state index is -0.0960. The number of thiazole rings is 1. The molecule has 0 radical (unpaired) electrons. The topological polar surface area (TPSA) is 51.2 Å². The maximum absolute atomic E-state index is 12.4. The van der Waals surface area contributed by atoms with E-state index >= 15 is 0 Å². The Kier molecular flexibility index (Phi) is 5.68. The van der Waals surface area contributed by atoms with Crippen molar-refractivity contribution in [2.45, 2.75) is 33.9 Å². The molecule has 0 unspecified atom stereocenters. The zero-order valence-electron chi connectivity index (χ0n) is 15.2. The van der Waals surface area contributed by atoms with Crippen molar-refractivity contribution in [2.24, 2.45) is 0 Å². The van der Waals surface area contributed by atoms with Crippen LogP contribution in [0, 0.1) is 20.8 Å². The average Bonchev–Trinajstić information content (AvgIpc) is 3.02. The van der Waals surface area contributed by atoms with E-state index in [1.165, 1.54) is 22.5 Å². The summed E-state index contributed by atoms with van der Waals surface area (Å²) in [4.78, 5) is 17.5. The first-order chi connectivity index (χ1) is 12.5. The molecule has 1 heterocycles. The molecule has 4 nitrogen and oxygen atoms in total. The quantitative estimate of drug-likeness (QED) is 0.695. The second kappa shape index (κ2) is 8.15. The summed E-state index contributed by atoms with van der Waals surface area (Å²) in [6, 6.07) is 15.9. The molecular weight excluding hydrogens is 344 g/mol. The number of nitrogens with one attached hydrogen (secondary N) is 1. The Hall–Kier alpha value is -2.66. The maximum Gasteiger partial charge on any atom is 0.263 e. The molecule has 0 aliphatic heterocycles. The molecule has 1 N–H and O–H groups in total. The van der Waals surface area contributed by atoms with Crippen molar-refractivity contribution in [3.63, 3.8) is 0 Å². The number of carbonyl (C=O) groups is 1. The van der Waals surface area contributed by atoms with Crippen molar-refractivity contribution >= 4 is 17.2 Å². The van der Waals surface area contributed by atoms with Gasteiger partial charge in [-0.3, -0.25) is 4.79 Å². The summed E-state index contributed by atoms with van der Waals surface area (Å²) < 4.78 is 5.82.